The number of nitrogens with one attached hydrogen (secondary N) is 2. The predicted octanol–water partition coefficient (Wildman–Crippen LogP) is 2.75. The Morgan fingerprint density at radius 3 is 2.49 bits per heavy atom. The summed E-state index contributed by atoms with van der Waals surface area (Å²) in [6.07, 6.45) is 1.93. The van der Waals surface area contributed by atoms with Crippen LogP contribution in [0.1, 0.15) is 31.4 Å². The van der Waals surface area contributed by atoms with Crippen molar-refractivity contribution in [3.8, 4) is 0 Å². The van der Waals surface area contributed by atoms with Gasteiger partial charge < -0.3 is 20.1 Å². The van der Waals surface area contributed by atoms with Gasteiger partial charge in [0.25, 0.3) is 0 Å². The number of ether oxygens (including phenoxy) is 2. The topological polar surface area (TPSA) is 126 Å². The molecule has 2 aliphatic rings. The molecule has 1 saturated heterocycles. The summed E-state index contributed by atoms with van der Waals surface area (Å²) in [5.41, 5.74) is 0.969. The summed E-state index contributed by atoms with van der Waals surface area (Å²) < 4.78 is 64.3. The number of benzene rings is 1. The fourth-order valence-corrected chi connectivity index (χ4v) is 6.08. The zero-order valence-corrected chi connectivity index (χ0v) is 23.7. The second kappa shape index (κ2) is 12.9. The fraction of sp³-hybridized carbons (Fsp3) is 0.417. The summed E-state index contributed by atoms with van der Waals surface area (Å²) in [6.45, 7) is 1.79. The van der Waals surface area contributed by atoms with Crippen LogP contribution in [0.2, 0.25) is 5.02 Å². The van der Waals surface area contributed by atoms with Gasteiger partial charge in [0.15, 0.2) is 17.4 Å². The van der Waals surface area contributed by atoms with Crippen LogP contribution in [0, 0.1) is 17.6 Å². The summed E-state index contributed by atoms with van der Waals surface area (Å²) in [5, 5.41) is 7.04. The van der Waals surface area contributed by atoms with Gasteiger partial charge in [-0.2, -0.15) is 0 Å². The van der Waals surface area contributed by atoms with E-state index in [4.69, 9.17) is 28.6 Å². The molecule has 0 spiro atoms. The van der Waals surface area contributed by atoms with E-state index in [1.165, 1.54) is 29.1 Å². The first-order valence-electron chi connectivity index (χ1n) is 11.7. The van der Waals surface area contributed by atoms with Crippen molar-refractivity contribution in [3.05, 3.63) is 57.1 Å². The molecule has 0 bridgehead atoms. The van der Waals surface area contributed by atoms with Crippen LogP contribution in [0.3, 0.4) is 0 Å². The third-order valence-corrected chi connectivity index (χ3v) is 8.64. The number of piperidine rings is 1. The maximum Gasteiger partial charge on any atom is 0.337 e. The molecule has 0 aliphatic carbocycles. The highest BCUT2D eigenvalue weighted by molar-refractivity contribution is 7.89. The summed E-state index contributed by atoms with van der Waals surface area (Å²) in [7, 11) is -1.62. The molecule has 15 heteroatoms. The van der Waals surface area contributed by atoms with E-state index in [-0.39, 0.29) is 43.0 Å². The van der Waals surface area contributed by atoms with E-state index in [1.807, 2.05) is 0 Å². The number of hydrogen-bond acceptors (Lipinski definition) is 10. The Kier molecular flexibility index (Phi) is 10.2. The second-order valence-electron chi connectivity index (χ2n) is 8.67. The molecule has 1 fully saturated rings. The first-order valence-corrected chi connectivity index (χ1v) is 14.1. The number of nitrogens with zero attached hydrogens (tertiary/aromatic N) is 2. The third-order valence-electron chi connectivity index (χ3n) is 6.38. The predicted molar refractivity (Wildman–Crippen MR) is 144 cm³/mol. The first kappa shape index (κ1) is 30.6. The van der Waals surface area contributed by atoms with Crippen molar-refractivity contribution >= 4 is 57.4 Å². The van der Waals surface area contributed by atoms with Crippen molar-refractivity contribution in [2.75, 3.05) is 33.1 Å². The lowest BCUT2D eigenvalue weighted by Crippen LogP contribution is -2.46. The Labute approximate surface area is 235 Å². The van der Waals surface area contributed by atoms with E-state index in [2.05, 4.69) is 20.4 Å². The van der Waals surface area contributed by atoms with Gasteiger partial charge in [-0.3, -0.25) is 9.79 Å². The van der Waals surface area contributed by atoms with Crippen molar-refractivity contribution in [1.82, 2.24) is 14.9 Å². The van der Waals surface area contributed by atoms with Gasteiger partial charge in [0.2, 0.25) is 10.0 Å². The average Bonchev–Trinajstić information content (AvgIpc) is 2.93. The number of aliphatic imine (C=N–C) groups is 1. The molecule has 1 unspecified atom stereocenters. The molecule has 1 aromatic rings. The zero-order chi connectivity index (χ0) is 28.9. The van der Waals surface area contributed by atoms with Crippen LogP contribution in [0.4, 0.5) is 8.78 Å². The third kappa shape index (κ3) is 6.80. The fourth-order valence-electron chi connectivity index (χ4n) is 4.39. The standard InChI is InChI=1S/C24H27ClF2N4O6S2/c1-13(28-8-11-38)23-29-21(14-6-9-31(10-7-14)39(34,35)12-17(32)36-2)18(24(33)37-3)22(30-23)15-4-5-16(26)20(27)19(15)25/h4-5,8,11,14,22,29-30H,6-7,9-10,12H2,1-3H3. The number of halogens is 3. The number of rotatable bonds is 8. The molecule has 2 aliphatic heterocycles. The number of esters is 2. The molecule has 39 heavy (non-hydrogen) atoms. The smallest absolute Gasteiger partial charge is 0.337 e. The summed E-state index contributed by atoms with van der Waals surface area (Å²) in [4.78, 5) is 28.9. The van der Waals surface area contributed by atoms with Gasteiger partial charge in [-0.05, 0) is 25.8 Å². The molecule has 1 aromatic carbocycles. The minimum atomic E-state index is -3.90. The largest absolute Gasteiger partial charge is 0.468 e. The lowest BCUT2D eigenvalue weighted by atomic mass is 9.85. The van der Waals surface area contributed by atoms with Crippen molar-refractivity contribution in [1.29, 1.82) is 0 Å². The van der Waals surface area contributed by atoms with Crippen molar-refractivity contribution in [3.63, 3.8) is 0 Å². The maximum absolute atomic E-state index is 14.5. The molecule has 10 nitrogen and oxygen atoms in total. The maximum atomic E-state index is 14.5. The minimum Gasteiger partial charge on any atom is -0.468 e. The second-order valence-corrected chi connectivity index (χ2v) is 11.3. The number of hydrogen-bond donors (Lipinski definition) is 2. The normalized spacial score (nSPS) is 20.3. The highest BCUT2D eigenvalue weighted by Gasteiger charge is 2.39. The molecule has 2 N–H and O–H groups in total. The quantitative estimate of drug-likeness (QED) is 0.199. The summed E-state index contributed by atoms with van der Waals surface area (Å²) >= 11 is 11.0. The number of thiocarbonyl (C=S) groups is 1. The van der Waals surface area contributed by atoms with Crippen LogP contribution in [-0.4, -0.2) is 69.3 Å². The van der Waals surface area contributed by atoms with Crippen molar-refractivity contribution in [2.45, 2.75) is 25.8 Å². The first-order chi connectivity index (χ1) is 18.4. The van der Waals surface area contributed by atoms with E-state index in [9.17, 15) is 26.8 Å². The molecule has 212 valence electrons. The van der Waals surface area contributed by atoms with E-state index in [1.54, 1.807) is 6.92 Å². The van der Waals surface area contributed by atoms with Crippen LogP contribution < -0.4 is 10.6 Å². The lowest BCUT2D eigenvalue weighted by molar-refractivity contribution is -0.138. The van der Waals surface area contributed by atoms with Crippen LogP contribution in [-0.2, 0) is 29.1 Å². The average molecular weight is 605 g/mol. The van der Waals surface area contributed by atoms with Crippen molar-refractivity contribution in [2.24, 2.45) is 10.9 Å². The number of sulfonamides is 1. The van der Waals surface area contributed by atoms with E-state index < -0.39 is 50.4 Å². The molecular formula is C24H27ClF2N4O6S2. The SMILES string of the molecule is COC(=O)CS(=O)(=O)N1CCC(C2=C(C(=O)OC)C(c3ccc(F)c(F)c3Cl)NC(=C(C)N=CC=S)N2)CC1. The molecule has 0 saturated carbocycles. The van der Waals surface area contributed by atoms with Gasteiger partial charge in [0.1, 0.15) is 5.82 Å². The van der Waals surface area contributed by atoms with Crippen molar-refractivity contribution < 1.29 is 36.3 Å². The summed E-state index contributed by atoms with van der Waals surface area (Å²) in [6, 6.07) is 1.10. The molecule has 0 radical (unpaired) electrons. The van der Waals surface area contributed by atoms with Gasteiger partial charge in [-0.1, -0.05) is 29.9 Å². The number of allylic oxidation sites excluding steroid dienone is 2. The van der Waals surface area contributed by atoms with E-state index >= 15 is 0 Å². The Balaban J connectivity index is 2.09. The van der Waals surface area contributed by atoms with E-state index in [0.717, 1.165) is 13.2 Å². The molecule has 0 amide bonds. The molecular weight excluding hydrogens is 578 g/mol. The lowest BCUT2D eigenvalue weighted by Gasteiger charge is -2.39. The molecule has 3 rings (SSSR count). The van der Waals surface area contributed by atoms with Crippen LogP contribution in [0.25, 0.3) is 0 Å². The minimum absolute atomic E-state index is 0.0642. The van der Waals surface area contributed by atoms with Gasteiger partial charge in [-0.15, -0.1) is 0 Å². The van der Waals surface area contributed by atoms with Crippen LogP contribution in [0.15, 0.2) is 39.9 Å². The highest BCUT2D eigenvalue weighted by atomic mass is 35.5. The van der Waals surface area contributed by atoms with Crippen LogP contribution >= 0.6 is 23.8 Å². The summed E-state index contributed by atoms with van der Waals surface area (Å²) in [5.74, 6) is -4.87. The van der Waals surface area contributed by atoms with Gasteiger partial charge in [0, 0.05) is 41.8 Å². The highest BCUT2D eigenvalue weighted by Crippen LogP contribution is 2.39. The Morgan fingerprint density at radius 1 is 1.23 bits per heavy atom. The van der Waals surface area contributed by atoms with Crippen LogP contribution in [0.5, 0.6) is 0 Å². The number of carbonyl (C=O) groups excluding carboxylic acids is 2. The molecule has 2 heterocycles. The zero-order valence-electron chi connectivity index (χ0n) is 21.3. The number of carbonyl (C=O) groups is 2. The Morgan fingerprint density at radius 2 is 1.90 bits per heavy atom. The van der Waals surface area contributed by atoms with E-state index in [0.29, 0.717) is 17.2 Å². The Bertz CT molecular complexity index is 1360. The molecule has 0 aromatic heterocycles. The Hall–Kier alpha value is -2.94. The van der Waals surface area contributed by atoms with Gasteiger partial charge in [-0.25, -0.2) is 26.3 Å². The number of methoxy groups -OCH3 is 2. The monoisotopic (exact) mass is 604 g/mol. The van der Waals surface area contributed by atoms with Gasteiger partial charge >= 0.3 is 11.9 Å². The van der Waals surface area contributed by atoms with Gasteiger partial charge in [0.05, 0.1) is 36.6 Å². The molecule has 1 atom stereocenters.